The van der Waals surface area contributed by atoms with E-state index in [9.17, 15) is 4.79 Å². The molecule has 0 aliphatic heterocycles. The van der Waals surface area contributed by atoms with E-state index in [2.05, 4.69) is 37.7 Å². The summed E-state index contributed by atoms with van der Waals surface area (Å²) in [5, 5.41) is 1.54. The Morgan fingerprint density at radius 1 is 1.25 bits per heavy atom. The molecule has 0 unspecified atom stereocenters. The van der Waals surface area contributed by atoms with Gasteiger partial charge in [0.2, 0.25) is 0 Å². The zero-order valence-electron chi connectivity index (χ0n) is 13.4. The zero-order valence-corrected chi connectivity index (χ0v) is 14.4. The summed E-state index contributed by atoms with van der Waals surface area (Å²) in [7, 11) is 2.63. The van der Waals surface area contributed by atoms with E-state index in [4.69, 9.17) is 0 Å². The minimum Gasteiger partial charge on any atom is -0.466 e. The molecular weight excluding hydrogens is 263 g/mol. The minimum absolute atomic E-state index is 0.274. The summed E-state index contributed by atoms with van der Waals surface area (Å²) in [6.07, 6.45) is 13.4. The fourth-order valence-electron chi connectivity index (χ4n) is 2.61. The molecule has 111 valence electrons. The highest BCUT2D eigenvalue weighted by molar-refractivity contribution is 6.93. The Morgan fingerprint density at radius 3 is 2.45 bits per heavy atom. The number of hydrogen-bond acceptors (Lipinski definition) is 2. The van der Waals surface area contributed by atoms with Crippen LogP contribution in [-0.4, -0.2) is 28.4 Å². The predicted molar refractivity (Wildman–Crippen MR) is 89.8 cm³/mol. The third kappa shape index (κ3) is 6.60. The number of carbonyl (C=O) groups excluding carboxylic acids is 1. The molecule has 1 saturated carbocycles. The molecule has 20 heavy (non-hydrogen) atoms. The zero-order chi connectivity index (χ0) is 15.0. The van der Waals surface area contributed by atoms with Crippen molar-refractivity contribution in [2.24, 2.45) is 0 Å². The van der Waals surface area contributed by atoms with E-state index in [-0.39, 0.29) is 5.97 Å². The van der Waals surface area contributed by atoms with Gasteiger partial charge in [-0.3, -0.25) is 0 Å². The standard InChI is InChI=1S/C16H28BO2Si/c1-19-16(18)13-9-8-12-15(20(2,3)4)17-14-10-6-5-7-11-14/h9,12-14H,5-8,10-11H2,1-4H3. The maximum Gasteiger partial charge on any atom is 0.330 e. The van der Waals surface area contributed by atoms with E-state index in [1.165, 1.54) is 45.3 Å². The summed E-state index contributed by atoms with van der Waals surface area (Å²) in [4.78, 5) is 11.0. The Balaban J connectivity index is 2.59. The fraction of sp³-hybridized carbons (Fsp3) is 0.688. The smallest absolute Gasteiger partial charge is 0.330 e. The second-order valence-corrected chi connectivity index (χ2v) is 11.7. The number of allylic oxidation sites excluding steroid dienone is 2. The van der Waals surface area contributed by atoms with Gasteiger partial charge in [0, 0.05) is 6.08 Å². The maximum atomic E-state index is 11.0. The van der Waals surface area contributed by atoms with E-state index in [0.717, 1.165) is 12.2 Å². The second kappa shape index (κ2) is 8.50. The summed E-state index contributed by atoms with van der Waals surface area (Å²) >= 11 is 0. The molecule has 0 atom stereocenters. The van der Waals surface area contributed by atoms with E-state index >= 15 is 0 Å². The second-order valence-electron chi connectivity index (χ2n) is 6.64. The van der Waals surface area contributed by atoms with Gasteiger partial charge in [-0.1, -0.05) is 69.7 Å². The molecule has 2 nitrogen and oxygen atoms in total. The first-order chi connectivity index (χ1) is 9.43. The fourth-order valence-corrected chi connectivity index (χ4v) is 4.07. The maximum absolute atomic E-state index is 11.0. The van der Waals surface area contributed by atoms with Gasteiger partial charge in [-0.05, 0) is 6.42 Å². The number of methoxy groups -OCH3 is 1. The molecule has 0 heterocycles. The lowest BCUT2D eigenvalue weighted by atomic mass is 9.58. The summed E-state index contributed by atoms with van der Waals surface area (Å²) < 4.78 is 4.60. The Bertz CT molecular complexity index is 363. The monoisotopic (exact) mass is 291 g/mol. The van der Waals surface area contributed by atoms with Crippen LogP contribution < -0.4 is 0 Å². The summed E-state index contributed by atoms with van der Waals surface area (Å²) in [6, 6.07) is 0. The molecule has 0 aromatic heterocycles. The van der Waals surface area contributed by atoms with Crippen LogP contribution in [0.4, 0.5) is 0 Å². The van der Waals surface area contributed by atoms with Crippen molar-refractivity contribution in [3.05, 3.63) is 23.3 Å². The van der Waals surface area contributed by atoms with Crippen molar-refractivity contribution >= 4 is 21.3 Å². The summed E-state index contributed by atoms with van der Waals surface area (Å²) in [6.45, 7) is 7.17. The molecule has 0 N–H and O–H groups in total. The van der Waals surface area contributed by atoms with Crippen LogP contribution in [0.25, 0.3) is 0 Å². The van der Waals surface area contributed by atoms with Crippen LogP contribution in [-0.2, 0) is 9.53 Å². The molecule has 0 aromatic rings. The SMILES string of the molecule is COC(=O)C=CCC=C([B]C1CCCCC1)[Si](C)(C)C. The Hall–Kier alpha value is -0.768. The highest BCUT2D eigenvalue weighted by Crippen LogP contribution is 2.31. The molecule has 1 fully saturated rings. The average molecular weight is 291 g/mol. The van der Waals surface area contributed by atoms with E-state index < -0.39 is 8.07 Å². The number of rotatable bonds is 6. The average Bonchev–Trinajstić information content (AvgIpc) is 2.41. The van der Waals surface area contributed by atoms with E-state index in [1.54, 1.807) is 5.10 Å². The van der Waals surface area contributed by atoms with Gasteiger partial charge in [0.25, 0.3) is 0 Å². The van der Waals surface area contributed by atoms with E-state index in [0.29, 0.717) is 0 Å². The molecule has 0 saturated heterocycles. The van der Waals surface area contributed by atoms with Gasteiger partial charge >= 0.3 is 5.97 Å². The predicted octanol–water partition coefficient (Wildman–Crippen LogP) is 4.32. The van der Waals surface area contributed by atoms with Crippen molar-refractivity contribution < 1.29 is 9.53 Å². The van der Waals surface area contributed by atoms with Crippen molar-refractivity contribution in [2.45, 2.75) is 64.0 Å². The highest BCUT2D eigenvalue weighted by atomic mass is 28.3. The topological polar surface area (TPSA) is 26.3 Å². The molecule has 1 radical (unpaired) electrons. The van der Waals surface area contributed by atoms with Crippen LogP contribution in [0, 0.1) is 0 Å². The lowest BCUT2D eigenvalue weighted by Crippen LogP contribution is -2.30. The number of esters is 1. The summed E-state index contributed by atoms with van der Waals surface area (Å²) in [5.74, 6) is 0.496. The number of hydrogen-bond donors (Lipinski definition) is 0. The Kier molecular flexibility index (Phi) is 7.35. The Morgan fingerprint density at radius 2 is 1.90 bits per heavy atom. The van der Waals surface area contributed by atoms with Gasteiger partial charge in [0.1, 0.15) is 7.28 Å². The van der Waals surface area contributed by atoms with Crippen molar-refractivity contribution in [3.63, 3.8) is 0 Å². The molecular formula is C16H28BO2Si. The highest BCUT2D eigenvalue weighted by Gasteiger charge is 2.24. The first-order valence-corrected chi connectivity index (χ1v) is 11.2. The Labute approximate surface area is 125 Å². The van der Waals surface area contributed by atoms with Crippen LogP contribution in [0.1, 0.15) is 38.5 Å². The number of ether oxygens (including phenoxy) is 1. The van der Waals surface area contributed by atoms with Crippen molar-refractivity contribution in [1.82, 2.24) is 0 Å². The third-order valence-corrected chi connectivity index (χ3v) is 5.96. The first-order valence-electron chi connectivity index (χ1n) is 7.73. The minimum atomic E-state index is -1.30. The van der Waals surface area contributed by atoms with Gasteiger partial charge in [-0.25, -0.2) is 4.79 Å². The van der Waals surface area contributed by atoms with Gasteiger partial charge < -0.3 is 4.74 Å². The molecule has 1 aliphatic carbocycles. The van der Waals surface area contributed by atoms with Gasteiger partial charge in [0.05, 0.1) is 15.2 Å². The molecule has 0 bridgehead atoms. The molecule has 1 rings (SSSR count). The number of carbonyl (C=O) groups is 1. The van der Waals surface area contributed by atoms with Crippen molar-refractivity contribution in [1.29, 1.82) is 0 Å². The molecule has 0 aromatic carbocycles. The molecule has 0 spiro atoms. The van der Waals surface area contributed by atoms with Crippen LogP contribution in [0.2, 0.25) is 25.5 Å². The lowest BCUT2D eigenvalue weighted by molar-refractivity contribution is -0.134. The van der Waals surface area contributed by atoms with E-state index in [1.807, 2.05) is 6.08 Å². The summed E-state index contributed by atoms with van der Waals surface area (Å²) in [5.41, 5.74) is 0. The molecule has 0 amide bonds. The van der Waals surface area contributed by atoms with Crippen LogP contribution in [0.3, 0.4) is 0 Å². The van der Waals surface area contributed by atoms with Crippen LogP contribution in [0.5, 0.6) is 0 Å². The van der Waals surface area contributed by atoms with Crippen molar-refractivity contribution in [3.8, 4) is 0 Å². The van der Waals surface area contributed by atoms with Gasteiger partial charge in [0.15, 0.2) is 0 Å². The third-order valence-electron chi connectivity index (χ3n) is 3.86. The van der Waals surface area contributed by atoms with Crippen LogP contribution in [0.15, 0.2) is 23.3 Å². The van der Waals surface area contributed by atoms with Gasteiger partial charge in [-0.15, -0.1) is 5.10 Å². The molecule has 4 heteroatoms. The quantitative estimate of drug-likeness (QED) is 0.414. The lowest BCUT2D eigenvalue weighted by Gasteiger charge is -2.27. The van der Waals surface area contributed by atoms with Crippen molar-refractivity contribution in [2.75, 3.05) is 7.11 Å². The van der Waals surface area contributed by atoms with Gasteiger partial charge in [-0.2, -0.15) is 0 Å². The normalized spacial score (nSPS) is 18.3. The molecule has 1 aliphatic rings. The van der Waals surface area contributed by atoms with Crippen LogP contribution >= 0.6 is 0 Å². The first kappa shape index (κ1) is 17.3. The largest absolute Gasteiger partial charge is 0.466 e.